The van der Waals surface area contributed by atoms with Crippen LogP contribution in [0.15, 0.2) is 24.3 Å². The normalized spacial score (nSPS) is 22.9. The first-order chi connectivity index (χ1) is 9.33. The van der Waals surface area contributed by atoms with Gasteiger partial charge in [0.1, 0.15) is 5.75 Å². The van der Waals surface area contributed by atoms with Crippen molar-refractivity contribution in [1.29, 1.82) is 0 Å². The van der Waals surface area contributed by atoms with Gasteiger partial charge in [-0.05, 0) is 30.7 Å². The van der Waals surface area contributed by atoms with Crippen molar-refractivity contribution >= 4 is 0 Å². The van der Waals surface area contributed by atoms with Gasteiger partial charge in [-0.1, -0.05) is 18.2 Å². The first-order valence-electron chi connectivity index (χ1n) is 7.24. The van der Waals surface area contributed by atoms with Gasteiger partial charge in [-0.15, -0.1) is 0 Å². The van der Waals surface area contributed by atoms with Crippen molar-refractivity contribution in [3.8, 4) is 5.75 Å². The van der Waals surface area contributed by atoms with Crippen molar-refractivity contribution in [3.63, 3.8) is 0 Å². The predicted molar refractivity (Wildman–Crippen MR) is 75.7 cm³/mol. The molecule has 1 fully saturated rings. The fourth-order valence-electron chi connectivity index (χ4n) is 3.08. The number of ether oxygens (including phenoxy) is 2. The van der Waals surface area contributed by atoms with Gasteiger partial charge in [-0.25, -0.2) is 0 Å². The van der Waals surface area contributed by atoms with E-state index in [1.165, 1.54) is 24.8 Å². The van der Waals surface area contributed by atoms with E-state index < -0.39 is 0 Å². The van der Waals surface area contributed by atoms with Crippen LogP contribution in [0.3, 0.4) is 0 Å². The molecule has 104 valence electrons. The SMILES string of the molecule is COCCNCC1(CC2COc3ccccc32)CC1. The Morgan fingerprint density at radius 1 is 1.37 bits per heavy atom. The van der Waals surface area contributed by atoms with Crippen molar-refractivity contribution in [1.82, 2.24) is 5.32 Å². The van der Waals surface area contributed by atoms with Crippen molar-refractivity contribution in [2.24, 2.45) is 5.41 Å². The molecule has 1 aliphatic heterocycles. The Labute approximate surface area is 115 Å². The summed E-state index contributed by atoms with van der Waals surface area (Å²) in [4.78, 5) is 0. The second kappa shape index (κ2) is 5.51. The molecule has 1 aromatic carbocycles. The average molecular weight is 261 g/mol. The summed E-state index contributed by atoms with van der Waals surface area (Å²) >= 11 is 0. The maximum atomic E-state index is 5.79. The number of benzene rings is 1. The topological polar surface area (TPSA) is 30.5 Å². The molecule has 0 aromatic heterocycles. The van der Waals surface area contributed by atoms with Gasteiger partial charge in [-0.2, -0.15) is 0 Å². The molecule has 3 heteroatoms. The number of methoxy groups -OCH3 is 1. The van der Waals surface area contributed by atoms with Crippen LogP contribution in [0.4, 0.5) is 0 Å². The van der Waals surface area contributed by atoms with Crippen LogP contribution in [0.5, 0.6) is 5.75 Å². The van der Waals surface area contributed by atoms with Crippen molar-refractivity contribution in [2.45, 2.75) is 25.2 Å². The smallest absolute Gasteiger partial charge is 0.122 e. The number of hydrogen-bond donors (Lipinski definition) is 1. The highest BCUT2D eigenvalue weighted by molar-refractivity contribution is 5.39. The molecule has 1 unspecified atom stereocenters. The average Bonchev–Trinajstić information content (AvgIpc) is 3.09. The summed E-state index contributed by atoms with van der Waals surface area (Å²) in [5.41, 5.74) is 1.92. The molecule has 1 saturated carbocycles. The van der Waals surface area contributed by atoms with Gasteiger partial charge < -0.3 is 14.8 Å². The van der Waals surface area contributed by atoms with E-state index in [2.05, 4.69) is 29.6 Å². The van der Waals surface area contributed by atoms with Crippen LogP contribution in [0.25, 0.3) is 0 Å². The summed E-state index contributed by atoms with van der Waals surface area (Å²) < 4.78 is 10.9. The maximum Gasteiger partial charge on any atom is 0.122 e. The Balaban J connectivity index is 1.54. The van der Waals surface area contributed by atoms with Crippen LogP contribution in [-0.2, 0) is 4.74 Å². The Bertz CT molecular complexity index is 429. The molecule has 0 saturated heterocycles. The molecular formula is C16H23NO2. The van der Waals surface area contributed by atoms with E-state index >= 15 is 0 Å². The summed E-state index contributed by atoms with van der Waals surface area (Å²) in [5, 5.41) is 3.52. The van der Waals surface area contributed by atoms with E-state index in [0.717, 1.165) is 32.1 Å². The monoisotopic (exact) mass is 261 g/mol. The third-order valence-corrected chi connectivity index (χ3v) is 4.42. The Kier molecular flexibility index (Phi) is 3.76. The molecular weight excluding hydrogens is 238 g/mol. The molecule has 1 aliphatic carbocycles. The van der Waals surface area contributed by atoms with Crippen LogP contribution in [-0.4, -0.2) is 33.4 Å². The first kappa shape index (κ1) is 12.9. The van der Waals surface area contributed by atoms with E-state index in [1.807, 2.05) is 0 Å². The molecule has 0 spiro atoms. The lowest BCUT2D eigenvalue weighted by Gasteiger charge is -2.19. The molecule has 1 aromatic rings. The zero-order valence-electron chi connectivity index (χ0n) is 11.7. The van der Waals surface area contributed by atoms with E-state index in [0.29, 0.717) is 11.3 Å². The molecule has 0 amide bonds. The summed E-state index contributed by atoms with van der Waals surface area (Å²) in [7, 11) is 1.75. The van der Waals surface area contributed by atoms with E-state index in [9.17, 15) is 0 Å². The van der Waals surface area contributed by atoms with E-state index in [4.69, 9.17) is 9.47 Å². The largest absolute Gasteiger partial charge is 0.493 e. The van der Waals surface area contributed by atoms with Gasteiger partial charge >= 0.3 is 0 Å². The highest BCUT2D eigenvalue weighted by Crippen LogP contribution is 2.53. The highest BCUT2D eigenvalue weighted by Gasteiger charge is 2.45. The van der Waals surface area contributed by atoms with E-state index in [-0.39, 0.29) is 0 Å². The molecule has 1 N–H and O–H groups in total. The Hall–Kier alpha value is -1.06. The van der Waals surface area contributed by atoms with Gasteiger partial charge in [0, 0.05) is 31.7 Å². The van der Waals surface area contributed by atoms with Crippen LogP contribution in [0.2, 0.25) is 0 Å². The molecule has 2 aliphatic rings. The Morgan fingerprint density at radius 2 is 2.21 bits per heavy atom. The van der Waals surface area contributed by atoms with Crippen molar-refractivity contribution in [2.75, 3.05) is 33.4 Å². The highest BCUT2D eigenvalue weighted by atomic mass is 16.5. The fraction of sp³-hybridized carbons (Fsp3) is 0.625. The van der Waals surface area contributed by atoms with Crippen LogP contribution >= 0.6 is 0 Å². The quantitative estimate of drug-likeness (QED) is 0.765. The third-order valence-electron chi connectivity index (χ3n) is 4.42. The lowest BCUT2D eigenvalue weighted by Crippen LogP contribution is -2.28. The predicted octanol–water partition coefficient (Wildman–Crippen LogP) is 2.57. The Morgan fingerprint density at radius 3 is 3.00 bits per heavy atom. The van der Waals surface area contributed by atoms with Gasteiger partial charge in [-0.3, -0.25) is 0 Å². The molecule has 0 radical (unpaired) electrons. The second-order valence-corrected chi connectivity index (χ2v) is 5.92. The van der Waals surface area contributed by atoms with Gasteiger partial charge in [0.2, 0.25) is 0 Å². The van der Waals surface area contributed by atoms with Gasteiger partial charge in [0.05, 0.1) is 13.2 Å². The number of para-hydroxylation sites is 1. The van der Waals surface area contributed by atoms with Crippen LogP contribution in [0.1, 0.15) is 30.7 Å². The summed E-state index contributed by atoms with van der Waals surface area (Å²) in [5.74, 6) is 1.68. The fourth-order valence-corrected chi connectivity index (χ4v) is 3.08. The second-order valence-electron chi connectivity index (χ2n) is 5.92. The number of fused-ring (bicyclic) bond motifs is 1. The number of rotatable bonds is 7. The van der Waals surface area contributed by atoms with E-state index in [1.54, 1.807) is 7.11 Å². The minimum atomic E-state index is 0.513. The summed E-state index contributed by atoms with van der Waals surface area (Å²) in [6, 6.07) is 8.49. The minimum absolute atomic E-state index is 0.513. The van der Waals surface area contributed by atoms with Crippen LogP contribution < -0.4 is 10.1 Å². The molecule has 3 rings (SSSR count). The first-order valence-corrected chi connectivity index (χ1v) is 7.24. The van der Waals surface area contributed by atoms with Gasteiger partial charge in [0.25, 0.3) is 0 Å². The number of nitrogens with one attached hydrogen (secondary N) is 1. The molecule has 1 atom stereocenters. The number of hydrogen-bond acceptors (Lipinski definition) is 3. The zero-order chi connectivity index (χ0) is 13.1. The molecule has 19 heavy (non-hydrogen) atoms. The lowest BCUT2D eigenvalue weighted by atomic mass is 9.88. The lowest BCUT2D eigenvalue weighted by molar-refractivity contribution is 0.196. The standard InChI is InChI=1S/C16H23NO2/c1-18-9-8-17-12-16(6-7-16)10-13-11-19-15-5-3-2-4-14(13)15/h2-5,13,17H,6-12H2,1H3. The minimum Gasteiger partial charge on any atom is -0.493 e. The molecule has 0 bridgehead atoms. The molecule has 1 heterocycles. The third kappa shape index (κ3) is 2.93. The van der Waals surface area contributed by atoms with Crippen LogP contribution in [0, 0.1) is 5.41 Å². The van der Waals surface area contributed by atoms with Gasteiger partial charge in [0.15, 0.2) is 0 Å². The summed E-state index contributed by atoms with van der Waals surface area (Å²) in [6.07, 6.45) is 3.96. The zero-order valence-corrected chi connectivity index (χ0v) is 11.7. The molecule has 3 nitrogen and oxygen atoms in total. The summed E-state index contributed by atoms with van der Waals surface area (Å²) in [6.45, 7) is 3.73. The van der Waals surface area contributed by atoms with Crippen molar-refractivity contribution in [3.05, 3.63) is 29.8 Å². The maximum absolute atomic E-state index is 5.79. The van der Waals surface area contributed by atoms with Crippen molar-refractivity contribution < 1.29 is 9.47 Å².